The molecule has 0 unspecified atom stereocenters. The van der Waals surface area contributed by atoms with Crippen molar-refractivity contribution in [3.8, 4) is 0 Å². The van der Waals surface area contributed by atoms with Crippen LogP contribution in [0.3, 0.4) is 0 Å². The van der Waals surface area contributed by atoms with Crippen LogP contribution in [-0.4, -0.2) is 12.6 Å². The molecule has 4 N–H and O–H groups in total. The summed E-state index contributed by atoms with van der Waals surface area (Å²) in [6, 6.07) is 4.94. The number of hydrazine groups is 1. The molecule has 0 saturated carbocycles. The van der Waals surface area contributed by atoms with Crippen molar-refractivity contribution in [1.82, 2.24) is 10.7 Å². The molecule has 15 heavy (non-hydrogen) atoms. The van der Waals surface area contributed by atoms with Gasteiger partial charge in [0.2, 0.25) is 0 Å². The van der Waals surface area contributed by atoms with Crippen LogP contribution in [0.15, 0.2) is 18.2 Å². The van der Waals surface area contributed by atoms with Gasteiger partial charge >= 0.3 is 6.03 Å². The van der Waals surface area contributed by atoms with Gasteiger partial charge in [0.25, 0.3) is 0 Å². The molecule has 0 aliphatic heterocycles. The second-order valence-electron chi connectivity index (χ2n) is 2.90. The fraction of sp³-hybridized carbons (Fsp3) is 0.222. The fourth-order valence-corrected chi connectivity index (χ4v) is 1.39. The second-order valence-corrected chi connectivity index (χ2v) is 3.71. The third-order valence-electron chi connectivity index (χ3n) is 1.81. The lowest BCUT2D eigenvalue weighted by molar-refractivity contribution is 0.241. The first-order valence-electron chi connectivity index (χ1n) is 4.32. The molecule has 1 rings (SSSR count). The zero-order valence-corrected chi connectivity index (χ0v) is 9.40. The third kappa shape index (κ3) is 3.95. The Morgan fingerprint density at radius 2 is 2.07 bits per heavy atom. The van der Waals surface area contributed by atoms with Crippen LogP contribution in [0.4, 0.5) is 4.79 Å². The molecule has 0 aliphatic carbocycles. The van der Waals surface area contributed by atoms with Crippen LogP contribution in [0.25, 0.3) is 0 Å². The molecule has 0 bridgehead atoms. The topological polar surface area (TPSA) is 67.1 Å². The molecule has 0 radical (unpaired) electrons. The Bertz CT molecular complexity index is 357. The molecule has 1 aromatic carbocycles. The highest BCUT2D eigenvalue weighted by Crippen LogP contribution is 2.22. The molecule has 82 valence electrons. The van der Waals surface area contributed by atoms with Gasteiger partial charge in [0.05, 0.1) is 10.0 Å². The van der Waals surface area contributed by atoms with E-state index in [2.05, 4.69) is 5.32 Å². The summed E-state index contributed by atoms with van der Waals surface area (Å²) in [5.74, 6) is 4.89. The van der Waals surface area contributed by atoms with Crippen LogP contribution in [0.5, 0.6) is 0 Å². The Hall–Kier alpha value is -0.970. The maximum atomic E-state index is 10.7. The van der Waals surface area contributed by atoms with E-state index in [1.807, 2.05) is 11.5 Å². The number of hydrogen-bond acceptors (Lipinski definition) is 2. The quantitative estimate of drug-likeness (QED) is 0.433. The molecule has 0 spiro atoms. The van der Waals surface area contributed by atoms with Gasteiger partial charge < -0.3 is 5.32 Å². The van der Waals surface area contributed by atoms with E-state index in [0.717, 1.165) is 5.56 Å². The number of benzene rings is 1. The van der Waals surface area contributed by atoms with E-state index in [-0.39, 0.29) is 0 Å². The molecule has 0 heterocycles. The number of carbonyl (C=O) groups is 1. The molecule has 0 atom stereocenters. The van der Waals surface area contributed by atoms with Crippen LogP contribution in [-0.2, 0) is 6.42 Å². The zero-order chi connectivity index (χ0) is 11.3. The number of amides is 2. The summed E-state index contributed by atoms with van der Waals surface area (Å²) in [4.78, 5) is 10.7. The summed E-state index contributed by atoms with van der Waals surface area (Å²) in [5, 5.41) is 3.60. The second kappa shape index (κ2) is 5.80. The maximum Gasteiger partial charge on any atom is 0.328 e. The van der Waals surface area contributed by atoms with Gasteiger partial charge in [-0.3, -0.25) is 5.43 Å². The number of rotatable bonds is 3. The first-order chi connectivity index (χ1) is 7.13. The van der Waals surface area contributed by atoms with Gasteiger partial charge in [-0.2, -0.15) is 0 Å². The summed E-state index contributed by atoms with van der Waals surface area (Å²) in [5.41, 5.74) is 2.98. The van der Waals surface area contributed by atoms with E-state index in [0.29, 0.717) is 23.0 Å². The Kier molecular flexibility index (Phi) is 4.68. The van der Waals surface area contributed by atoms with Gasteiger partial charge in [0.15, 0.2) is 0 Å². The molecule has 6 heteroatoms. The Labute approximate surface area is 97.7 Å². The van der Waals surface area contributed by atoms with Crippen LogP contribution in [0.2, 0.25) is 10.0 Å². The SMILES string of the molecule is NNC(=O)NCCc1ccc(Cl)c(Cl)c1. The van der Waals surface area contributed by atoms with E-state index >= 15 is 0 Å². The van der Waals surface area contributed by atoms with Gasteiger partial charge in [0.1, 0.15) is 0 Å². The number of nitrogens with one attached hydrogen (secondary N) is 2. The molecule has 0 aromatic heterocycles. The van der Waals surface area contributed by atoms with Crippen LogP contribution >= 0.6 is 23.2 Å². The molecule has 4 nitrogen and oxygen atoms in total. The largest absolute Gasteiger partial charge is 0.337 e. The van der Waals surface area contributed by atoms with Gasteiger partial charge in [-0.1, -0.05) is 29.3 Å². The van der Waals surface area contributed by atoms with Gasteiger partial charge in [-0.15, -0.1) is 0 Å². The fourth-order valence-electron chi connectivity index (χ4n) is 1.07. The molecule has 0 aliphatic rings. The number of nitrogens with two attached hydrogens (primary N) is 1. The smallest absolute Gasteiger partial charge is 0.328 e. The number of halogens is 2. The lowest BCUT2D eigenvalue weighted by Gasteiger charge is -2.05. The first-order valence-corrected chi connectivity index (χ1v) is 5.07. The van der Waals surface area contributed by atoms with Crippen molar-refractivity contribution in [1.29, 1.82) is 0 Å². The highest BCUT2D eigenvalue weighted by atomic mass is 35.5. The third-order valence-corrected chi connectivity index (χ3v) is 2.55. The van der Waals surface area contributed by atoms with E-state index in [9.17, 15) is 4.79 Å². The summed E-state index contributed by atoms with van der Waals surface area (Å²) >= 11 is 11.6. The normalized spacial score (nSPS) is 9.80. The molecule has 0 fully saturated rings. The average molecular weight is 248 g/mol. The number of carbonyl (C=O) groups excluding carboxylic acids is 1. The average Bonchev–Trinajstić information content (AvgIpc) is 2.23. The summed E-state index contributed by atoms with van der Waals surface area (Å²) in [7, 11) is 0. The van der Waals surface area contributed by atoms with Crippen molar-refractivity contribution in [2.24, 2.45) is 5.84 Å². The van der Waals surface area contributed by atoms with Crippen LogP contribution < -0.4 is 16.6 Å². The highest BCUT2D eigenvalue weighted by Gasteiger charge is 2.00. The lowest BCUT2D eigenvalue weighted by atomic mass is 10.1. The van der Waals surface area contributed by atoms with Crippen molar-refractivity contribution in [3.05, 3.63) is 33.8 Å². The molecule has 1 aromatic rings. The molecule has 2 amide bonds. The summed E-state index contributed by atoms with van der Waals surface area (Å²) in [6.07, 6.45) is 0.671. The minimum absolute atomic E-state index is 0.407. The van der Waals surface area contributed by atoms with Crippen molar-refractivity contribution in [3.63, 3.8) is 0 Å². The maximum absolute atomic E-state index is 10.7. The standard InChI is InChI=1S/C9H11Cl2N3O/c10-7-2-1-6(5-8(7)11)3-4-13-9(15)14-12/h1-2,5H,3-4,12H2,(H2,13,14,15). The minimum Gasteiger partial charge on any atom is -0.337 e. The number of urea groups is 1. The van der Waals surface area contributed by atoms with Crippen LogP contribution in [0, 0.1) is 0 Å². The van der Waals surface area contributed by atoms with E-state index in [1.165, 1.54) is 0 Å². The highest BCUT2D eigenvalue weighted by molar-refractivity contribution is 6.42. The van der Waals surface area contributed by atoms with Gasteiger partial charge in [-0.25, -0.2) is 10.6 Å². The molecular weight excluding hydrogens is 237 g/mol. The summed E-state index contributed by atoms with van der Waals surface area (Å²) in [6.45, 7) is 0.487. The first kappa shape index (κ1) is 12.1. The lowest BCUT2D eigenvalue weighted by Crippen LogP contribution is -2.40. The predicted octanol–water partition coefficient (Wildman–Crippen LogP) is 1.71. The molecular formula is C9H11Cl2N3O. The predicted molar refractivity (Wildman–Crippen MR) is 60.9 cm³/mol. The number of hydrogen-bond donors (Lipinski definition) is 3. The van der Waals surface area contributed by atoms with Crippen molar-refractivity contribution in [2.45, 2.75) is 6.42 Å². The van der Waals surface area contributed by atoms with E-state index in [4.69, 9.17) is 29.0 Å². The van der Waals surface area contributed by atoms with Crippen molar-refractivity contribution in [2.75, 3.05) is 6.54 Å². The minimum atomic E-state index is -0.407. The van der Waals surface area contributed by atoms with Gasteiger partial charge in [0, 0.05) is 6.54 Å². The Morgan fingerprint density at radius 3 is 2.67 bits per heavy atom. The molecule has 0 saturated heterocycles. The van der Waals surface area contributed by atoms with Crippen molar-refractivity contribution < 1.29 is 4.79 Å². The summed E-state index contributed by atoms with van der Waals surface area (Å²) < 4.78 is 0. The zero-order valence-electron chi connectivity index (χ0n) is 7.89. The Balaban J connectivity index is 2.44. The van der Waals surface area contributed by atoms with Crippen LogP contribution in [0.1, 0.15) is 5.56 Å². The van der Waals surface area contributed by atoms with Gasteiger partial charge in [-0.05, 0) is 24.1 Å². The van der Waals surface area contributed by atoms with E-state index in [1.54, 1.807) is 12.1 Å². The van der Waals surface area contributed by atoms with Crippen molar-refractivity contribution >= 4 is 29.2 Å². The Morgan fingerprint density at radius 1 is 1.33 bits per heavy atom. The monoisotopic (exact) mass is 247 g/mol. The van der Waals surface area contributed by atoms with E-state index < -0.39 is 6.03 Å².